The summed E-state index contributed by atoms with van der Waals surface area (Å²) in [5, 5.41) is 11.4. The van der Waals surface area contributed by atoms with Crippen LogP contribution < -0.4 is 4.74 Å². The number of ether oxygens (including phenoxy) is 2. The number of nitrogens with zero attached hydrogens (tertiary/aromatic N) is 2. The molecular formula is C28H26N2O4. The Labute approximate surface area is 198 Å². The van der Waals surface area contributed by atoms with Crippen molar-refractivity contribution in [2.45, 2.75) is 45.3 Å². The molecule has 2 aromatic carbocycles. The van der Waals surface area contributed by atoms with Gasteiger partial charge in [0.1, 0.15) is 11.5 Å². The molecule has 0 radical (unpaired) electrons. The van der Waals surface area contributed by atoms with E-state index >= 15 is 0 Å². The number of aromatic nitrogens is 2. The SMILES string of the molecule is Cc1cc(C)c(C2=C(O)[C@H]3[C@@H](C2=O)[C@@H]2CC(c4cncc(Oc5ccccc5)n4)[C@H]3O2)c(C)c1. The molecule has 0 amide bonds. The van der Waals surface area contributed by atoms with E-state index in [2.05, 4.69) is 17.1 Å². The van der Waals surface area contributed by atoms with E-state index in [4.69, 9.17) is 14.5 Å². The molecule has 6 nitrogen and oxygen atoms in total. The summed E-state index contributed by atoms with van der Waals surface area (Å²) < 4.78 is 12.1. The molecule has 3 aliphatic rings. The van der Waals surface area contributed by atoms with Crippen LogP contribution in [0.5, 0.6) is 11.6 Å². The average Bonchev–Trinajstić information content (AvgIpc) is 3.47. The van der Waals surface area contributed by atoms with Gasteiger partial charge in [-0.15, -0.1) is 0 Å². The molecule has 2 aliphatic heterocycles. The molecule has 3 aromatic rings. The summed E-state index contributed by atoms with van der Waals surface area (Å²) in [5.74, 6) is 0.501. The maximum atomic E-state index is 13.5. The van der Waals surface area contributed by atoms with E-state index < -0.39 is 0 Å². The molecule has 6 rings (SSSR count). The number of Topliss-reactive ketones (excluding diaryl/α,β-unsaturated/α-hetero) is 1. The van der Waals surface area contributed by atoms with Gasteiger partial charge in [-0.05, 0) is 56.0 Å². The Morgan fingerprint density at radius 3 is 2.50 bits per heavy atom. The highest BCUT2D eigenvalue weighted by atomic mass is 16.5. The van der Waals surface area contributed by atoms with Gasteiger partial charge in [0.05, 0.1) is 41.5 Å². The van der Waals surface area contributed by atoms with Gasteiger partial charge in [-0.1, -0.05) is 35.9 Å². The Bertz CT molecular complexity index is 1310. The standard InChI is InChI=1S/C28H26N2O4/c1-14-9-15(2)22(16(3)10-14)24-26(31)23-20-11-18(28(34-20)25(23)27(24)32)19-12-29-13-21(30-19)33-17-7-5-4-6-8-17/h4-10,12-13,18,20,23,25,28,32H,11H2,1-3H3/t18?,20-,23-,25+,28+/m0/s1. The quantitative estimate of drug-likeness (QED) is 0.581. The molecule has 34 heavy (non-hydrogen) atoms. The number of fused-ring (bicyclic) bond motifs is 5. The largest absolute Gasteiger partial charge is 0.511 e. The van der Waals surface area contributed by atoms with Crippen LogP contribution in [-0.4, -0.2) is 33.1 Å². The normalized spacial score (nSPS) is 27.4. The number of para-hydroxylation sites is 1. The van der Waals surface area contributed by atoms with E-state index in [1.807, 2.05) is 51.1 Å². The van der Waals surface area contributed by atoms with Crippen molar-refractivity contribution in [3.05, 3.63) is 88.6 Å². The zero-order chi connectivity index (χ0) is 23.6. The van der Waals surface area contributed by atoms with Gasteiger partial charge in [0.15, 0.2) is 5.78 Å². The Balaban J connectivity index is 1.33. The number of hydrogen-bond donors (Lipinski definition) is 1. The summed E-state index contributed by atoms with van der Waals surface area (Å²) in [7, 11) is 0. The Kier molecular flexibility index (Phi) is 4.81. The summed E-state index contributed by atoms with van der Waals surface area (Å²) in [6.45, 7) is 6.04. The second-order valence-electron chi connectivity index (χ2n) is 9.63. The van der Waals surface area contributed by atoms with Gasteiger partial charge in [0.2, 0.25) is 5.88 Å². The molecule has 3 heterocycles. The predicted molar refractivity (Wildman–Crippen MR) is 127 cm³/mol. The van der Waals surface area contributed by atoms with Crippen molar-refractivity contribution in [2.75, 3.05) is 0 Å². The number of rotatable bonds is 4. The minimum atomic E-state index is -0.355. The van der Waals surface area contributed by atoms with Crippen LogP contribution in [0.25, 0.3) is 5.57 Å². The molecule has 1 aromatic heterocycles. The van der Waals surface area contributed by atoms with Gasteiger partial charge in [0.25, 0.3) is 0 Å². The van der Waals surface area contributed by atoms with E-state index in [1.54, 1.807) is 12.4 Å². The fraction of sp³-hybridized carbons (Fsp3) is 0.321. The Morgan fingerprint density at radius 1 is 1.03 bits per heavy atom. The number of aryl methyl sites for hydroxylation is 3. The van der Waals surface area contributed by atoms with Crippen molar-refractivity contribution in [2.24, 2.45) is 11.8 Å². The second kappa shape index (κ2) is 7.77. The summed E-state index contributed by atoms with van der Waals surface area (Å²) in [6, 6.07) is 13.6. The Morgan fingerprint density at radius 2 is 1.76 bits per heavy atom. The number of benzene rings is 2. The fourth-order valence-corrected chi connectivity index (χ4v) is 6.17. The van der Waals surface area contributed by atoms with Crippen LogP contribution >= 0.6 is 0 Å². The molecule has 1 N–H and O–H groups in total. The molecule has 6 heteroatoms. The van der Waals surface area contributed by atoms with Crippen LogP contribution in [0.3, 0.4) is 0 Å². The number of hydrogen-bond acceptors (Lipinski definition) is 6. The third-order valence-corrected chi connectivity index (χ3v) is 7.38. The topological polar surface area (TPSA) is 81.5 Å². The van der Waals surface area contributed by atoms with Crippen molar-refractivity contribution in [1.82, 2.24) is 9.97 Å². The third kappa shape index (κ3) is 3.16. The van der Waals surface area contributed by atoms with E-state index in [1.165, 1.54) is 0 Å². The molecule has 0 spiro atoms. The maximum absolute atomic E-state index is 13.5. The molecule has 2 fully saturated rings. The summed E-state index contributed by atoms with van der Waals surface area (Å²) in [4.78, 5) is 22.6. The van der Waals surface area contributed by atoms with Crippen molar-refractivity contribution >= 4 is 11.4 Å². The molecule has 1 aliphatic carbocycles. The van der Waals surface area contributed by atoms with E-state index in [0.717, 1.165) is 27.9 Å². The number of allylic oxidation sites excluding steroid dienone is 1. The van der Waals surface area contributed by atoms with Crippen molar-refractivity contribution in [3.8, 4) is 11.6 Å². The summed E-state index contributed by atoms with van der Waals surface area (Å²) >= 11 is 0. The first-order valence-electron chi connectivity index (χ1n) is 11.7. The van der Waals surface area contributed by atoms with E-state index in [-0.39, 0.29) is 41.5 Å². The lowest BCUT2D eigenvalue weighted by Gasteiger charge is -2.27. The molecule has 172 valence electrons. The van der Waals surface area contributed by atoms with Crippen LogP contribution in [0.1, 0.15) is 40.3 Å². The first-order valence-corrected chi connectivity index (χ1v) is 11.7. The molecule has 2 bridgehead atoms. The highest BCUT2D eigenvalue weighted by Gasteiger charge is 2.63. The van der Waals surface area contributed by atoms with Gasteiger partial charge in [0, 0.05) is 12.1 Å². The molecule has 5 atom stereocenters. The van der Waals surface area contributed by atoms with Crippen LogP contribution in [-0.2, 0) is 9.53 Å². The molecule has 2 saturated heterocycles. The highest BCUT2D eigenvalue weighted by Crippen LogP contribution is 2.58. The fourth-order valence-electron chi connectivity index (χ4n) is 6.17. The molecular weight excluding hydrogens is 428 g/mol. The molecule has 0 saturated carbocycles. The Hall–Kier alpha value is -3.51. The van der Waals surface area contributed by atoms with Crippen LogP contribution in [0, 0.1) is 32.6 Å². The van der Waals surface area contributed by atoms with Gasteiger partial charge in [-0.25, -0.2) is 4.98 Å². The lowest BCUT2D eigenvalue weighted by molar-refractivity contribution is -0.118. The summed E-state index contributed by atoms with van der Waals surface area (Å²) in [6.07, 6.45) is 3.44. The number of carbonyl (C=O) groups is 1. The van der Waals surface area contributed by atoms with E-state index in [9.17, 15) is 9.90 Å². The summed E-state index contributed by atoms with van der Waals surface area (Å²) in [5.41, 5.74) is 5.25. The van der Waals surface area contributed by atoms with Crippen LogP contribution in [0.2, 0.25) is 0 Å². The maximum Gasteiger partial charge on any atom is 0.238 e. The van der Waals surface area contributed by atoms with Crippen LogP contribution in [0.4, 0.5) is 0 Å². The van der Waals surface area contributed by atoms with Gasteiger partial charge >= 0.3 is 0 Å². The monoisotopic (exact) mass is 454 g/mol. The lowest BCUT2D eigenvalue weighted by Crippen LogP contribution is -2.33. The van der Waals surface area contributed by atoms with Crippen molar-refractivity contribution in [3.63, 3.8) is 0 Å². The number of ketones is 1. The van der Waals surface area contributed by atoms with Crippen LogP contribution in [0.15, 0.2) is 60.6 Å². The lowest BCUT2D eigenvalue weighted by atomic mass is 9.73. The third-order valence-electron chi connectivity index (χ3n) is 7.38. The number of carbonyl (C=O) groups excluding carboxylic acids is 1. The number of aliphatic hydroxyl groups is 1. The zero-order valence-corrected chi connectivity index (χ0v) is 19.4. The average molecular weight is 455 g/mol. The second-order valence-corrected chi connectivity index (χ2v) is 9.63. The molecule has 1 unspecified atom stereocenters. The smallest absolute Gasteiger partial charge is 0.238 e. The predicted octanol–water partition coefficient (Wildman–Crippen LogP) is 5.23. The van der Waals surface area contributed by atoms with E-state index in [0.29, 0.717) is 23.6 Å². The van der Waals surface area contributed by atoms with Gasteiger partial charge in [-0.2, -0.15) is 0 Å². The highest BCUT2D eigenvalue weighted by molar-refractivity contribution is 6.26. The van der Waals surface area contributed by atoms with Gasteiger partial charge < -0.3 is 14.6 Å². The minimum Gasteiger partial charge on any atom is -0.511 e. The zero-order valence-electron chi connectivity index (χ0n) is 19.4. The van der Waals surface area contributed by atoms with Gasteiger partial charge in [-0.3, -0.25) is 9.78 Å². The first-order chi connectivity index (χ1) is 16.4. The van der Waals surface area contributed by atoms with Crippen molar-refractivity contribution in [1.29, 1.82) is 0 Å². The minimum absolute atomic E-state index is 0.00394. The van der Waals surface area contributed by atoms with Crippen molar-refractivity contribution < 1.29 is 19.4 Å². The number of aliphatic hydroxyl groups excluding tert-OH is 1. The first kappa shape index (κ1) is 21.1.